The molecule has 3 aromatic carbocycles. The van der Waals surface area contributed by atoms with Gasteiger partial charge in [0.25, 0.3) is 10.1 Å². The number of carbonyl (C=O) groups is 1. The van der Waals surface area contributed by atoms with Crippen LogP contribution >= 0.6 is 0 Å². The van der Waals surface area contributed by atoms with Crippen molar-refractivity contribution in [3.63, 3.8) is 0 Å². The molecule has 1 aliphatic rings. The van der Waals surface area contributed by atoms with Gasteiger partial charge in [-0.2, -0.15) is 8.42 Å². The van der Waals surface area contributed by atoms with E-state index in [-0.39, 0.29) is 12.5 Å². The molecule has 7 nitrogen and oxygen atoms in total. The molecule has 0 radical (unpaired) electrons. The largest absolute Gasteiger partial charge is 0.488 e. The van der Waals surface area contributed by atoms with Crippen molar-refractivity contribution in [2.24, 2.45) is 0 Å². The topological polar surface area (TPSA) is 82.1 Å². The number of rotatable bonds is 6. The zero-order valence-corrected chi connectivity index (χ0v) is 22.0. The quantitative estimate of drug-likeness (QED) is 0.377. The van der Waals surface area contributed by atoms with Gasteiger partial charge in [0.1, 0.15) is 18.0 Å². The molecule has 4 rings (SSSR count). The highest BCUT2D eigenvalue weighted by atomic mass is 32.2. The lowest BCUT2D eigenvalue weighted by molar-refractivity contribution is 0.0580. The van der Waals surface area contributed by atoms with Crippen molar-refractivity contribution >= 4 is 32.7 Å². The average Bonchev–Trinajstić information content (AvgIpc) is 3.00. The van der Waals surface area contributed by atoms with Crippen LogP contribution in [0.3, 0.4) is 0 Å². The van der Waals surface area contributed by atoms with Gasteiger partial charge in [-0.15, -0.1) is 0 Å². The summed E-state index contributed by atoms with van der Waals surface area (Å²) in [5.41, 5.74) is 1.89. The number of nitrogens with zero attached hydrogens (tertiary/aromatic N) is 1. The van der Waals surface area contributed by atoms with E-state index in [4.69, 9.17) is 13.7 Å². The lowest BCUT2D eigenvalue weighted by atomic mass is 9.89. The van der Waals surface area contributed by atoms with Crippen molar-refractivity contribution in [1.82, 2.24) is 0 Å². The highest BCUT2D eigenvalue weighted by Crippen LogP contribution is 2.44. The Hall–Kier alpha value is -3.10. The van der Waals surface area contributed by atoms with Gasteiger partial charge in [0.2, 0.25) is 0 Å². The lowest BCUT2D eigenvalue weighted by Crippen LogP contribution is -2.37. The Bertz CT molecular complexity index is 1330. The lowest BCUT2D eigenvalue weighted by Gasteiger charge is -2.29. The summed E-state index contributed by atoms with van der Waals surface area (Å²) in [5, 5.41) is 1.79. The third-order valence-corrected chi connectivity index (χ3v) is 6.56. The Morgan fingerprint density at radius 2 is 1.69 bits per heavy atom. The van der Waals surface area contributed by atoms with Crippen molar-refractivity contribution < 1.29 is 26.9 Å². The Morgan fingerprint density at radius 3 is 2.36 bits per heavy atom. The van der Waals surface area contributed by atoms with Crippen LogP contribution in [0.5, 0.6) is 5.75 Å². The molecule has 0 aromatic heterocycles. The molecule has 8 heteroatoms. The molecular weight excluding hydrogens is 478 g/mol. The van der Waals surface area contributed by atoms with Gasteiger partial charge in [-0.3, -0.25) is 9.08 Å². The predicted molar refractivity (Wildman–Crippen MR) is 141 cm³/mol. The summed E-state index contributed by atoms with van der Waals surface area (Å²) in [4.78, 5) is 15.0. The van der Waals surface area contributed by atoms with Crippen LogP contribution in [0, 0.1) is 0 Å². The average molecular weight is 512 g/mol. The Morgan fingerprint density at radius 1 is 1.03 bits per heavy atom. The fraction of sp³-hybridized carbons (Fsp3) is 0.393. The number of carbonyl (C=O) groups excluding carboxylic acids is 1. The van der Waals surface area contributed by atoms with Crippen molar-refractivity contribution in [3.05, 3.63) is 71.8 Å². The van der Waals surface area contributed by atoms with Gasteiger partial charge >= 0.3 is 6.09 Å². The number of ether oxygens (including phenoxy) is 2. The summed E-state index contributed by atoms with van der Waals surface area (Å²) in [6.45, 7) is 6.32. The normalized spacial score (nSPS) is 16.3. The number of amides is 1. The van der Waals surface area contributed by atoms with E-state index in [1.165, 1.54) is 0 Å². The molecule has 0 bridgehead atoms. The van der Waals surface area contributed by atoms with E-state index in [9.17, 15) is 13.2 Å². The van der Waals surface area contributed by atoms with Crippen molar-refractivity contribution in [1.29, 1.82) is 0 Å². The molecule has 0 aliphatic carbocycles. The fourth-order valence-corrected chi connectivity index (χ4v) is 4.91. The first-order valence-electron chi connectivity index (χ1n) is 12.1. The number of anilines is 1. The van der Waals surface area contributed by atoms with E-state index < -0.39 is 21.8 Å². The molecule has 192 valence electrons. The summed E-state index contributed by atoms with van der Waals surface area (Å²) < 4.78 is 40.9. The maximum Gasteiger partial charge on any atom is 0.414 e. The van der Waals surface area contributed by atoms with Gasteiger partial charge in [0.05, 0.1) is 18.6 Å². The van der Waals surface area contributed by atoms with Crippen LogP contribution in [-0.2, 0) is 25.6 Å². The number of benzene rings is 3. The Kier molecular flexibility index (Phi) is 7.57. The fourth-order valence-electron chi connectivity index (χ4n) is 4.50. The summed E-state index contributed by atoms with van der Waals surface area (Å²) in [6, 6.07) is 19.6. The van der Waals surface area contributed by atoms with Gasteiger partial charge < -0.3 is 9.47 Å². The third kappa shape index (κ3) is 6.36. The summed E-state index contributed by atoms with van der Waals surface area (Å²) in [6.07, 6.45) is 1.93. The van der Waals surface area contributed by atoms with Crippen LogP contribution < -0.4 is 9.64 Å². The van der Waals surface area contributed by atoms with E-state index >= 15 is 0 Å². The van der Waals surface area contributed by atoms with E-state index in [1.54, 1.807) is 4.90 Å². The van der Waals surface area contributed by atoms with Crippen molar-refractivity contribution in [3.8, 4) is 5.75 Å². The smallest absolute Gasteiger partial charge is 0.414 e. The molecule has 1 heterocycles. The second-order valence-corrected chi connectivity index (χ2v) is 11.7. The van der Waals surface area contributed by atoms with Crippen LogP contribution in [0.15, 0.2) is 60.7 Å². The number of hydrogen-bond acceptors (Lipinski definition) is 6. The Balaban J connectivity index is 1.84. The van der Waals surface area contributed by atoms with Crippen LogP contribution in [0.4, 0.5) is 10.5 Å². The monoisotopic (exact) mass is 511 g/mol. The van der Waals surface area contributed by atoms with Gasteiger partial charge in [-0.25, -0.2) is 4.79 Å². The highest BCUT2D eigenvalue weighted by Gasteiger charge is 2.32. The van der Waals surface area contributed by atoms with E-state index in [1.807, 2.05) is 81.4 Å². The third-order valence-electron chi connectivity index (χ3n) is 5.99. The van der Waals surface area contributed by atoms with E-state index in [2.05, 4.69) is 0 Å². The first-order valence-corrected chi connectivity index (χ1v) is 13.9. The maximum absolute atomic E-state index is 13.3. The van der Waals surface area contributed by atoms with Crippen LogP contribution in [0.2, 0.25) is 0 Å². The minimum atomic E-state index is -3.62. The number of fused-ring (bicyclic) bond motifs is 3. The molecule has 3 aromatic rings. The molecule has 0 saturated heterocycles. The first-order chi connectivity index (χ1) is 17.0. The number of hydrogen-bond donors (Lipinski definition) is 0. The molecule has 0 saturated carbocycles. The molecule has 1 atom stereocenters. The summed E-state index contributed by atoms with van der Waals surface area (Å²) in [5.74, 6) is 0.418. The molecule has 0 fully saturated rings. The van der Waals surface area contributed by atoms with Gasteiger partial charge in [0, 0.05) is 23.9 Å². The zero-order chi connectivity index (χ0) is 25.9. The van der Waals surface area contributed by atoms with Crippen LogP contribution in [-0.4, -0.2) is 39.5 Å². The molecule has 1 amide bonds. The first kappa shape index (κ1) is 26.0. The van der Waals surface area contributed by atoms with Gasteiger partial charge in [-0.05, 0) is 50.1 Å². The summed E-state index contributed by atoms with van der Waals surface area (Å²) in [7, 11) is -3.62. The maximum atomic E-state index is 13.3. The molecule has 0 unspecified atom stereocenters. The van der Waals surface area contributed by atoms with Gasteiger partial charge in [-0.1, -0.05) is 54.6 Å². The molecule has 1 aliphatic heterocycles. The minimum Gasteiger partial charge on any atom is -0.488 e. The van der Waals surface area contributed by atoms with E-state index in [0.717, 1.165) is 28.2 Å². The second-order valence-electron chi connectivity index (χ2n) is 10.1. The van der Waals surface area contributed by atoms with Crippen molar-refractivity contribution in [2.45, 2.75) is 51.7 Å². The van der Waals surface area contributed by atoms with Crippen LogP contribution in [0.1, 0.15) is 50.7 Å². The zero-order valence-electron chi connectivity index (χ0n) is 21.2. The highest BCUT2D eigenvalue weighted by molar-refractivity contribution is 7.85. The van der Waals surface area contributed by atoms with Crippen molar-refractivity contribution in [2.75, 3.05) is 24.3 Å². The molecule has 0 spiro atoms. The second kappa shape index (κ2) is 10.5. The molecule has 36 heavy (non-hydrogen) atoms. The van der Waals surface area contributed by atoms with E-state index in [0.29, 0.717) is 37.4 Å². The molecule has 0 N–H and O–H groups in total. The van der Waals surface area contributed by atoms with Gasteiger partial charge in [0.15, 0.2) is 0 Å². The predicted octanol–water partition coefficient (Wildman–Crippen LogP) is 6.01. The molecular formula is C28H33NO6S. The SMILES string of the molecule is CC(C)(C)OC(=O)N1CCC[C@H](COS(C)(=O)=O)c2c1cc(OCc1ccccc1)c1ccccc21. The standard InChI is InChI=1S/C28H33NO6S/c1-28(2,3)35-27(30)29-16-10-13-21(19-34-36(4,31)32)26-23-15-9-8-14-22(23)25(17-24(26)29)33-18-20-11-6-5-7-12-20/h5-9,11-12,14-15,17,21H,10,13,16,18-19H2,1-4H3/t21-/m1/s1. The van der Waals surface area contributed by atoms with Crippen LogP contribution in [0.25, 0.3) is 10.8 Å². The Labute approximate surface area is 213 Å². The summed E-state index contributed by atoms with van der Waals surface area (Å²) >= 11 is 0. The minimum absolute atomic E-state index is 0.00219.